The fourth-order valence-electron chi connectivity index (χ4n) is 1.69. The second-order valence-electron chi connectivity index (χ2n) is 3.69. The first-order chi connectivity index (χ1) is 5.89. The Morgan fingerprint density at radius 1 is 0.833 bits per heavy atom. The molecule has 1 heterocycles. The van der Waals surface area contributed by atoms with Crippen molar-refractivity contribution < 1.29 is 0 Å². The standard InChI is InChI=1S/C10H20BrN/c11-10-8-6-4-2-1-3-5-7-9-12-10/h10,12H,1-9H2/t10-/m0/s1. The minimum atomic E-state index is 0.565. The lowest BCUT2D eigenvalue weighted by atomic mass is 10.1. The average molecular weight is 234 g/mol. The number of hydrogen-bond donors (Lipinski definition) is 1. The van der Waals surface area contributed by atoms with Crippen molar-refractivity contribution in [2.45, 2.75) is 56.3 Å². The van der Waals surface area contributed by atoms with Gasteiger partial charge in [-0.3, -0.25) is 0 Å². The molecule has 1 nitrogen and oxygen atoms in total. The highest BCUT2D eigenvalue weighted by Gasteiger charge is 2.03. The number of rotatable bonds is 0. The molecule has 1 fully saturated rings. The van der Waals surface area contributed by atoms with E-state index in [0.717, 1.165) is 0 Å². The van der Waals surface area contributed by atoms with Crippen LogP contribution in [0.4, 0.5) is 0 Å². The summed E-state index contributed by atoms with van der Waals surface area (Å²) in [4.78, 5) is 0.565. The maximum atomic E-state index is 3.65. The van der Waals surface area contributed by atoms with Gasteiger partial charge in [-0.05, 0) is 19.4 Å². The summed E-state index contributed by atoms with van der Waals surface area (Å²) >= 11 is 3.65. The minimum absolute atomic E-state index is 0.565. The van der Waals surface area contributed by atoms with Crippen molar-refractivity contribution in [3.05, 3.63) is 0 Å². The Kier molecular flexibility index (Phi) is 6.05. The third-order valence-electron chi connectivity index (χ3n) is 2.50. The SMILES string of the molecule is Br[C@@H]1CCCCCCCCCN1. The molecule has 1 aliphatic rings. The molecular weight excluding hydrogens is 214 g/mol. The Hall–Kier alpha value is 0.440. The van der Waals surface area contributed by atoms with E-state index in [4.69, 9.17) is 0 Å². The van der Waals surface area contributed by atoms with Crippen LogP contribution in [0.25, 0.3) is 0 Å². The largest absolute Gasteiger partial charge is 0.305 e. The van der Waals surface area contributed by atoms with E-state index in [1.54, 1.807) is 0 Å². The lowest BCUT2D eigenvalue weighted by molar-refractivity contribution is 0.570. The van der Waals surface area contributed by atoms with Crippen LogP contribution < -0.4 is 5.32 Å². The number of alkyl halides is 1. The van der Waals surface area contributed by atoms with Crippen LogP contribution in [-0.4, -0.2) is 11.5 Å². The summed E-state index contributed by atoms with van der Waals surface area (Å²) in [7, 11) is 0. The Bertz CT molecular complexity index is 94.0. The summed E-state index contributed by atoms with van der Waals surface area (Å²) in [5.74, 6) is 0. The van der Waals surface area contributed by atoms with Crippen molar-refractivity contribution in [1.29, 1.82) is 0 Å². The van der Waals surface area contributed by atoms with E-state index >= 15 is 0 Å². The molecule has 0 bridgehead atoms. The van der Waals surface area contributed by atoms with Gasteiger partial charge in [-0.1, -0.05) is 54.5 Å². The fraction of sp³-hybridized carbons (Fsp3) is 1.00. The van der Waals surface area contributed by atoms with Gasteiger partial charge in [0.05, 0.1) is 4.95 Å². The van der Waals surface area contributed by atoms with Crippen LogP contribution in [0.5, 0.6) is 0 Å². The van der Waals surface area contributed by atoms with Crippen LogP contribution in [0.15, 0.2) is 0 Å². The number of hydrogen-bond acceptors (Lipinski definition) is 1. The molecule has 72 valence electrons. The molecule has 1 rings (SSSR count). The lowest BCUT2D eigenvalue weighted by Crippen LogP contribution is -2.24. The van der Waals surface area contributed by atoms with Crippen molar-refractivity contribution in [1.82, 2.24) is 5.32 Å². The molecular formula is C10H20BrN. The zero-order chi connectivity index (χ0) is 8.65. The van der Waals surface area contributed by atoms with Gasteiger partial charge >= 0.3 is 0 Å². The molecule has 0 saturated carbocycles. The number of nitrogens with one attached hydrogen (secondary N) is 1. The predicted octanol–water partition coefficient (Wildman–Crippen LogP) is 3.43. The van der Waals surface area contributed by atoms with Crippen molar-refractivity contribution in [2.24, 2.45) is 0 Å². The first-order valence-corrected chi connectivity index (χ1v) is 6.18. The van der Waals surface area contributed by atoms with Crippen LogP contribution in [0.3, 0.4) is 0 Å². The van der Waals surface area contributed by atoms with Crippen LogP contribution in [-0.2, 0) is 0 Å². The molecule has 1 N–H and O–H groups in total. The Morgan fingerprint density at radius 2 is 1.42 bits per heavy atom. The second kappa shape index (κ2) is 6.90. The van der Waals surface area contributed by atoms with Gasteiger partial charge in [0.15, 0.2) is 0 Å². The van der Waals surface area contributed by atoms with Gasteiger partial charge in [0.2, 0.25) is 0 Å². The van der Waals surface area contributed by atoms with E-state index in [0.29, 0.717) is 4.95 Å². The van der Waals surface area contributed by atoms with Gasteiger partial charge in [0.1, 0.15) is 0 Å². The molecule has 2 heteroatoms. The van der Waals surface area contributed by atoms with Crippen molar-refractivity contribution >= 4 is 15.9 Å². The van der Waals surface area contributed by atoms with Gasteiger partial charge in [0.25, 0.3) is 0 Å². The minimum Gasteiger partial charge on any atom is -0.305 e. The van der Waals surface area contributed by atoms with E-state index in [-0.39, 0.29) is 0 Å². The van der Waals surface area contributed by atoms with Crippen LogP contribution in [0.1, 0.15) is 51.4 Å². The average Bonchev–Trinajstić information content (AvgIpc) is 2.11. The molecule has 0 amide bonds. The zero-order valence-electron chi connectivity index (χ0n) is 7.82. The number of halogens is 1. The highest BCUT2D eigenvalue weighted by atomic mass is 79.9. The van der Waals surface area contributed by atoms with Gasteiger partial charge in [-0.2, -0.15) is 0 Å². The van der Waals surface area contributed by atoms with Crippen LogP contribution >= 0.6 is 15.9 Å². The molecule has 0 spiro atoms. The maximum Gasteiger partial charge on any atom is 0.0630 e. The molecule has 0 aromatic carbocycles. The van der Waals surface area contributed by atoms with Crippen molar-refractivity contribution in [2.75, 3.05) is 6.54 Å². The molecule has 1 saturated heterocycles. The molecule has 0 aromatic heterocycles. The summed E-state index contributed by atoms with van der Waals surface area (Å²) in [6.07, 6.45) is 11.2. The van der Waals surface area contributed by atoms with E-state index < -0.39 is 0 Å². The first-order valence-electron chi connectivity index (χ1n) is 5.27. The summed E-state index contributed by atoms with van der Waals surface area (Å²) in [6.45, 7) is 1.19. The molecule has 0 radical (unpaired) electrons. The monoisotopic (exact) mass is 233 g/mol. The summed E-state index contributed by atoms with van der Waals surface area (Å²) in [6, 6.07) is 0. The quantitative estimate of drug-likeness (QED) is 0.500. The van der Waals surface area contributed by atoms with Gasteiger partial charge in [0, 0.05) is 0 Å². The molecule has 1 atom stereocenters. The van der Waals surface area contributed by atoms with Crippen molar-refractivity contribution in [3.8, 4) is 0 Å². The Balaban J connectivity index is 2.13. The van der Waals surface area contributed by atoms with Gasteiger partial charge in [-0.15, -0.1) is 0 Å². The third kappa shape index (κ3) is 5.15. The summed E-state index contributed by atoms with van der Waals surface area (Å²) < 4.78 is 0. The van der Waals surface area contributed by atoms with E-state index in [2.05, 4.69) is 21.2 Å². The topological polar surface area (TPSA) is 12.0 Å². The fourth-order valence-corrected chi connectivity index (χ4v) is 2.25. The molecule has 1 aliphatic heterocycles. The molecule has 12 heavy (non-hydrogen) atoms. The predicted molar refractivity (Wildman–Crippen MR) is 57.7 cm³/mol. The van der Waals surface area contributed by atoms with Crippen LogP contribution in [0.2, 0.25) is 0 Å². The van der Waals surface area contributed by atoms with E-state index in [1.165, 1.54) is 57.9 Å². The maximum absolute atomic E-state index is 3.65. The molecule has 0 aromatic rings. The highest BCUT2D eigenvalue weighted by molar-refractivity contribution is 9.09. The van der Waals surface area contributed by atoms with Gasteiger partial charge < -0.3 is 5.32 Å². The second-order valence-corrected chi connectivity index (χ2v) is 4.79. The van der Waals surface area contributed by atoms with Gasteiger partial charge in [-0.25, -0.2) is 0 Å². The smallest absolute Gasteiger partial charge is 0.0630 e. The molecule has 0 aliphatic carbocycles. The highest BCUT2D eigenvalue weighted by Crippen LogP contribution is 2.13. The Morgan fingerprint density at radius 3 is 2.17 bits per heavy atom. The van der Waals surface area contributed by atoms with Crippen molar-refractivity contribution in [3.63, 3.8) is 0 Å². The Labute approximate surface area is 84.4 Å². The third-order valence-corrected chi connectivity index (χ3v) is 3.28. The first kappa shape index (κ1) is 10.5. The normalized spacial score (nSPS) is 29.2. The van der Waals surface area contributed by atoms with E-state index in [1.807, 2.05) is 0 Å². The zero-order valence-corrected chi connectivity index (χ0v) is 9.41. The van der Waals surface area contributed by atoms with Crippen LogP contribution in [0, 0.1) is 0 Å². The molecule has 0 unspecified atom stereocenters. The summed E-state index contributed by atoms with van der Waals surface area (Å²) in [5.41, 5.74) is 0. The summed E-state index contributed by atoms with van der Waals surface area (Å²) in [5, 5.41) is 3.50. The lowest BCUT2D eigenvalue weighted by Gasteiger charge is -2.10. The van der Waals surface area contributed by atoms with E-state index in [9.17, 15) is 0 Å².